The molecule has 37 heavy (non-hydrogen) atoms. The van der Waals surface area contributed by atoms with Crippen LogP contribution in [0.1, 0.15) is 36.3 Å². The highest BCUT2D eigenvalue weighted by Crippen LogP contribution is 2.28. The molecule has 0 saturated carbocycles. The Morgan fingerprint density at radius 3 is 2.19 bits per heavy atom. The molecule has 3 aromatic carbocycles. The number of benzene rings is 3. The molecule has 4 aromatic rings. The number of nitrogens with zero attached hydrogens (tertiary/aromatic N) is 3. The summed E-state index contributed by atoms with van der Waals surface area (Å²) in [5, 5.41) is 11.9. The monoisotopic (exact) mass is 494 g/mol. The summed E-state index contributed by atoms with van der Waals surface area (Å²) in [5.74, 6) is 0.735. The van der Waals surface area contributed by atoms with Crippen LogP contribution in [0.4, 0.5) is 10.2 Å². The van der Waals surface area contributed by atoms with Gasteiger partial charge in [-0.2, -0.15) is 0 Å². The molecule has 1 fully saturated rings. The van der Waals surface area contributed by atoms with E-state index in [1.54, 1.807) is 12.1 Å². The van der Waals surface area contributed by atoms with Crippen molar-refractivity contribution in [2.75, 3.05) is 24.5 Å². The van der Waals surface area contributed by atoms with Crippen molar-refractivity contribution in [3.63, 3.8) is 0 Å². The second-order valence-corrected chi connectivity index (χ2v) is 9.52. The zero-order valence-corrected chi connectivity index (χ0v) is 20.8. The van der Waals surface area contributed by atoms with Gasteiger partial charge < -0.3 is 10.2 Å². The fourth-order valence-electron chi connectivity index (χ4n) is 5.05. The fraction of sp³-hybridized carbons (Fsp3) is 0.258. The normalized spacial score (nSPS) is 15.5. The predicted octanol–water partition coefficient (Wildman–Crippen LogP) is 5.84. The van der Waals surface area contributed by atoms with E-state index in [1.165, 1.54) is 23.3 Å². The Bertz CT molecular complexity index is 1240. The Morgan fingerprint density at radius 2 is 1.57 bits per heavy atom. The van der Waals surface area contributed by atoms with Crippen LogP contribution in [0.2, 0.25) is 0 Å². The maximum atomic E-state index is 13.2. The molecule has 1 atom stereocenters. The molecule has 1 unspecified atom stereocenters. The molecule has 0 bridgehead atoms. The Kier molecular flexibility index (Phi) is 7.84. The van der Waals surface area contributed by atoms with Gasteiger partial charge in [-0.3, -0.25) is 4.79 Å². The van der Waals surface area contributed by atoms with Crippen LogP contribution in [0.3, 0.4) is 0 Å². The lowest BCUT2D eigenvalue weighted by Gasteiger charge is -2.32. The third-order valence-electron chi connectivity index (χ3n) is 7.04. The second-order valence-electron chi connectivity index (χ2n) is 9.52. The van der Waals surface area contributed by atoms with Crippen LogP contribution in [0, 0.1) is 11.7 Å². The van der Waals surface area contributed by atoms with Gasteiger partial charge in [-0.05, 0) is 66.8 Å². The van der Waals surface area contributed by atoms with Crippen LogP contribution in [0.25, 0.3) is 11.3 Å². The zero-order valence-electron chi connectivity index (χ0n) is 20.8. The van der Waals surface area contributed by atoms with E-state index in [9.17, 15) is 9.18 Å². The van der Waals surface area contributed by atoms with E-state index < -0.39 is 0 Å². The van der Waals surface area contributed by atoms with Gasteiger partial charge in [0.25, 0.3) is 0 Å². The molecule has 1 aliphatic heterocycles. The molecule has 0 aliphatic carbocycles. The van der Waals surface area contributed by atoms with Gasteiger partial charge in [-0.1, -0.05) is 60.7 Å². The quantitative estimate of drug-likeness (QED) is 0.334. The molecule has 1 amide bonds. The van der Waals surface area contributed by atoms with Gasteiger partial charge in [-0.25, -0.2) is 4.39 Å². The third-order valence-corrected chi connectivity index (χ3v) is 7.04. The summed E-state index contributed by atoms with van der Waals surface area (Å²) >= 11 is 0. The summed E-state index contributed by atoms with van der Waals surface area (Å²) in [5.41, 5.74) is 4.03. The first kappa shape index (κ1) is 24.6. The number of rotatable bonds is 8. The average molecular weight is 495 g/mol. The molecule has 1 aliphatic rings. The lowest BCUT2D eigenvalue weighted by Crippen LogP contribution is -2.43. The highest BCUT2D eigenvalue weighted by atomic mass is 19.1. The van der Waals surface area contributed by atoms with Gasteiger partial charge in [0.15, 0.2) is 5.82 Å². The van der Waals surface area contributed by atoms with E-state index in [-0.39, 0.29) is 23.6 Å². The topological polar surface area (TPSA) is 58.1 Å². The number of piperidine rings is 1. The first-order valence-electron chi connectivity index (χ1n) is 12.9. The van der Waals surface area contributed by atoms with E-state index in [2.05, 4.69) is 68.9 Å². The number of halogens is 1. The Balaban J connectivity index is 1.18. The summed E-state index contributed by atoms with van der Waals surface area (Å²) in [6, 6.07) is 31.0. The number of hydrogen-bond acceptors (Lipinski definition) is 4. The van der Waals surface area contributed by atoms with Gasteiger partial charge >= 0.3 is 0 Å². The highest BCUT2D eigenvalue weighted by molar-refractivity contribution is 5.79. The largest absolute Gasteiger partial charge is 0.356 e. The van der Waals surface area contributed by atoms with Crippen LogP contribution >= 0.6 is 0 Å². The molecule has 1 aromatic heterocycles. The van der Waals surface area contributed by atoms with Crippen molar-refractivity contribution in [2.45, 2.75) is 25.2 Å². The molecule has 5 rings (SSSR count). The molecule has 188 valence electrons. The van der Waals surface area contributed by atoms with Crippen molar-refractivity contribution in [1.82, 2.24) is 15.5 Å². The molecule has 2 heterocycles. The smallest absolute Gasteiger partial charge is 0.224 e. The first-order chi connectivity index (χ1) is 18.2. The molecular weight excluding hydrogens is 463 g/mol. The molecule has 0 spiro atoms. The minimum Gasteiger partial charge on any atom is -0.356 e. The Labute approximate surface area is 217 Å². The van der Waals surface area contributed by atoms with Crippen molar-refractivity contribution >= 4 is 11.7 Å². The van der Waals surface area contributed by atoms with Crippen LogP contribution < -0.4 is 10.2 Å². The van der Waals surface area contributed by atoms with Gasteiger partial charge in [0, 0.05) is 31.1 Å². The molecule has 1 saturated heterocycles. The van der Waals surface area contributed by atoms with Crippen molar-refractivity contribution < 1.29 is 9.18 Å². The summed E-state index contributed by atoms with van der Waals surface area (Å²) in [6.07, 6.45) is 2.63. The summed E-state index contributed by atoms with van der Waals surface area (Å²) < 4.78 is 13.2. The van der Waals surface area contributed by atoms with Crippen LogP contribution in [0.15, 0.2) is 97.1 Å². The number of aromatic nitrogens is 2. The SMILES string of the molecule is O=C(NCCC(c1ccccc1)c1ccccc1)C1CCCN(c2ccc(-c3ccc(F)cc3)nn2)C1. The molecule has 6 heteroatoms. The van der Waals surface area contributed by atoms with E-state index in [4.69, 9.17) is 0 Å². The van der Waals surface area contributed by atoms with Crippen LogP contribution in [-0.4, -0.2) is 35.7 Å². The summed E-state index contributed by atoms with van der Waals surface area (Å²) in [6.45, 7) is 2.09. The number of carbonyl (C=O) groups excluding carboxylic acids is 1. The first-order valence-corrected chi connectivity index (χ1v) is 12.9. The van der Waals surface area contributed by atoms with Crippen molar-refractivity contribution in [3.05, 3.63) is 114 Å². The third kappa shape index (κ3) is 6.20. The number of anilines is 1. The number of nitrogens with one attached hydrogen (secondary N) is 1. The second kappa shape index (κ2) is 11.8. The standard InChI is InChI=1S/C31H31FN4O/c32-27-15-13-25(14-16-27)29-17-18-30(35-34-29)36-21-7-12-26(22-36)31(37)33-20-19-28(23-8-3-1-4-9-23)24-10-5-2-6-11-24/h1-6,8-11,13-18,26,28H,7,12,19-22H2,(H,33,37). The molecular formula is C31H31FN4O. The van der Waals surface area contributed by atoms with E-state index >= 15 is 0 Å². The maximum Gasteiger partial charge on any atom is 0.224 e. The fourth-order valence-corrected chi connectivity index (χ4v) is 5.05. The van der Waals surface area contributed by atoms with E-state index in [0.717, 1.165) is 37.2 Å². The Morgan fingerprint density at radius 1 is 0.892 bits per heavy atom. The lowest BCUT2D eigenvalue weighted by molar-refractivity contribution is -0.125. The van der Waals surface area contributed by atoms with Gasteiger partial charge in [-0.15, -0.1) is 10.2 Å². The molecule has 5 nitrogen and oxygen atoms in total. The maximum absolute atomic E-state index is 13.2. The number of carbonyl (C=O) groups is 1. The van der Waals surface area contributed by atoms with Gasteiger partial charge in [0.05, 0.1) is 11.6 Å². The van der Waals surface area contributed by atoms with Gasteiger partial charge in [0.1, 0.15) is 5.82 Å². The van der Waals surface area contributed by atoms with Crippen molar-refractivity contribution in [1.29, 1.82) is 0 Å². The van der Waals surface area contributed by atoms with Gasteiger partial charge in [0.2, 0.25) is 5.91 Å². The molecule has 0 radical (unpaired) electrons. The minimum absolute atomic E-state index is 0.0841. The Hall–Kier alpha value is -4.06. The lowest BCUT2D eigenvalue weighted by atomic mass is 9.88. The van der Waals surface area contributed by atoms with E-state index in [0.29, 0.717) is 18.8 Å². The summed E-state index contributed by atoms with van der Waals surface area (Å²) in [4.78, 5) is 15.2. The number of amides is 1. The predicted molar refractivity (Wildman–Crippen MR) is 145 cm³/mol. The average Bonchev–Trinajstić information content (AvgIpc) is 2.97. The van der Waals surface area contributed by atoms with Crippen LogP contribution in [-0.2, 0) is 4.79 Å². The van der Waals surface area contributed by atoms with Crippen molar-refractivity contribution in [3.8, 4) is 11.3 Å². The highest BCUT2D eigenvalue weighted by Gasteiger charge is 2.27. The summed E-state index contributed by atoms with van der Waals surface area (Å²) in [7, 11) is 0. The molecule has 1 N–H and O–H groups in total. The van der Waals surface area contributed by atoms with Crippen LogP contribution in [0.5, 0.6) is 0 Å². The number of hydrogen-bond donors (Lipinski definition) is 1. The van der Waals surface area contributed by atoms with E-state index in [1.807, 2.05) is 24.3 Å². The zero-order chi connectivity index (χ0) is 25.5. The minimum atomic E-state index is -0.276. The van der Waals surface area contributed by atoms with Crippen molar-refractivity contribution in [2.24, 2.45) is 5.92 Å².